The van der Waals surface area contributed by atoms with Gasteiger partial charge in [0, 0.05) is 23.4 Å². The number of H-pyrrole nitrogens is 1. The second kappa shape index (κ2) is 10.5. The summed E-state index contributed by atoms with van der Waals surface area (Å²) in [6.45, 7) is 19.8. The van der Waals surface area contributed by atoms with Crippen molar-refractivity contribution in [3.63, 3.8) is 0 Å². The van der Waals surface area contributed by atoms with Crippen molar-refractivity contribution in [3.8, 4) is 0 Å². The molecule has 0 amide bonds. The van der Waals surface area contributed by atoms with E-state index in [0.717, 1.165) is 19.3 Å². The molecule has 0 bridgehead atoms. The molecule has 3 heterocycles. The van der Waals surface area contributed by atoms with Gasteiger partial charge in [-0.05, 0) is 69.0 Å². The zero-order valence-electron chi connectivity index (χ0n) is 22.9. The van der Waals surface area contributed by atoms with Crippen LogP contribution in [0.4, 0.5) is 0 Å². The summed E-state index contributed by atoms with van der Waals surface area (Å²) in [5, 5.41) is 0.0397. The molecular weight excluding hydrogens is 547 g/mol. The lowest BCUT2D eigenvalue weighted by Gasteiger charge is -2.37. The van der Waals surface area contributed by atoms with Gasteiger partial charge < -0.3 is 18.2 Å². The molecule has 0 spiro atoms. The van der Waals surface area contributed by atoms with Crippen molar-refractivity contribution in [2.75, 3.05) is 6.61 Å². The summed E-state index contributed by atoms with van der Waals surface area (Å²) in [5.41, 5.74) is -2.43. The Labute approximate surface area is 229 Å². The van der Waals surface area contributed by atoms with Gasteiger partial charge in [-0.25, -0.2) is 4.79 Å². The monoisotopic (exact) mass is 588 g/mol. The Morgan fingerprint density at radius 3 is 2.70 bits per heavy atom. The van der Waals surface area contributed by atoms with Crippen molar-refractivity contribution in [3.05, 3.63) is 45.3 Å². The minimum atomic E-state index is -2.67. The molecule has 4 rings (SSSR count). The highest BCUT2D eigenvalue weighted by atomic mass is 32.9. The van der Waals surface area contributed by atoms with Gasteiger partial charge in [0.2, 0.25) is 5.69 Å². The van der Waals surface area contributed by atoms with Crippen molar-refractivity contribution >= 4 is 37.2 Å². The van der Waals surface area contributed by atoms with Gasteiger partial charge in [0.1, 0.15) is 12.3 Å². The normalized spacial score (nSPS) is 36.5. The van der Waals surface area contributed by atoms with Gasteiger partial charge in [-0.1, -0.05) is 44.3 Å². The van der Waals surface area contributed by atoms with Crippen molar-refractivity contribution in [1.29, 1.82) is 0 Å². The molecule has 0 radical (unpaired) electrons. The van der Waals surface area contributed by atoms with Crippen molar-refractivity contribution < 1.29 is 18.2 Å². The number of allylic oxidation sites excluding steroid dienone is 1. The van der Waals surface area contributed by atoms with Gasteiger partial charge in [0.15, 0.2) is 8.32 Å². The first-order chi connectivity index (χ1) is 17.0. The second-order valence-electron chi connectivity index (χ2n) is 12.4. The van der Waals surface area contributed by atoms with E-state index in [9.17, 15) is 9.59 Å². The van der Waals surface area contributed by atoms with Crippen molar-refractivity contribution in [2.24, 2.45) is 5.92 Å². The number of aromatic nitrogens is 2. The third-order valence-corrected chi connectivity index (χ3v) is 18.7. The number of aromatic amines is 1. The summed E-state index contributed by atoms with van der Waals surface area (Å²) in [6, 6.07) is 1.32. The molecule has 208 valence electrons. The molecule has 1 aliphatic carbocycles. The molecule has 1 unspecified atom stereocenters. The highest BCUT2D eigenvalue weighted by Crippen LogP contribution is 2.76. The average molecular weight is 589 g/mol. The quantitative estimate of drug-likeness (QED) is 0.246. The molecule has 3 fully saturated rings. The van der Waals surface area contributed by atoms with E-state index in [1.807, 2.05) is 0 Å². The Balaban J connectivity index is 1.55. The first-order valence-corrected chi connectivity index (χ1v) is 19.9. The zero-order valence-corrected chi connectivity index (χ0v) is 26.5. The predicted molar refractivity (Wildman–Crippen MR) is 155 cm³/mol. The van der Waals surface area contributed by atoms with Gasteiger partial charge in [0.25, 0.3) is 5.56 Å². The molecule has 0 aromatic carbocycles. The highest BCUT2D eigenvalue weighted by Gasteiger charge is 2.55. The molecule has 1 aromatic rings. The topological polar surface area (TPSA) is 91.8 Å². The van der Waals surface area contributed by atoms with Gasteiger partial charge >= 0.3 is 5.69 Å². The molecule has 1 aromatic heterocycles. The fourth-order valence-electron chi connectivity index (χ4n) is 4.89. The Bertz CT molecular complexity index is 1200. The number of hydrogen-bond acceptors (Lipinski definition) is 8. The Morgan fingerprint density at radius 1 is 1.38 bits per heavy atom. The van der Waals surface area contributed by atoms with Gasteiger partial charge in [-0.3, -0.25) is 14.3 Å². The number of nitrogens with one attached hydrogen (secondary N) is 1. The van der Waals surface area contributed by atoms with Crippen LogP contribution < -0.4 is 11.2 Å². The Morgan fingerprint density at radius 2 is 2.08 bits per heavy atom. The van der Waals surface area contributed by atoms with Crippen molar-refractivity contribution in [2.45, 2.75) is 108 Å². The minimum Gasteiger partial charge on any atom is -0.414 e. The van der Waals surface area contributed by atoms with E-state index in [1.165, 1.54) is 22.4 Å². The van der Waals surface area contributed by atoms with Crippen LogP contribution in [0.5, 0.6) is 0 Å². The molecule has 2 aliphatic heterocycles. The maximum absolute atomic E-state index is 12.5. The largest absolute Gasteiger partial charge is 0.414 e. The number of ether oxygens (including phenoxy) is 1. The molecule has 8 nitrogen and oxygen atoms in total. The van der Waals surface area contributed by atoms with Crippen LogP contribution >= 0.6 is 17.1 Å². The van der Waals surface area contributed by atoms with Crippen LogP contribution in [0.2, 0.25) is 18.1 Å². The van der Waals surface area contributed by atoms with Crippen LogP contribution in [-0.2, 0) is 30.0 Å². The van der Waals surface area contributed by atoms with Crippen LogP contribution in [0.1, 0.15) is 66.5 Å². The summed E-state index contributed by atoms with van der Waals surface area (Å²) in [7, 11) is -2.05. The maximum atomic E-state index is 12.5. The number of hydrogen-bond donors (Lipinski definition) is 1. The van der Waals surface area contributed by atoms with E-state index in [0.29, 0.717) is 18.9 Å². The first kappa shape index (κ1) is 29.5. The number of rotatable bonds is 7. The molecule has 3 aliphatic rings. The van der Waals surface area contributed by atoms with E-state index in [-0.39, 0.29) is 15.9 Å². The average Bonchev–Trinajstić information content (AvgIpc) is 3.27. The van der Waals surface area contributed by atoms with Gasteiger partial charge in [-0.2, -0.15) is 0 Å². The molecule has 7 atom stereocenters. The summed E-state index contributed by atoms with van der Waals surface area (Å²) in [4.78, 5) is 26.4. The smallest absolute Gasteiger partial charge is 0.330 e. The van der Waals surface area contributed by atoms with E-state index < -0.39 is 43.7 Å². The lowest BCUT2D eigenvalue weighted by molar-refractivity contribution is -0.0400. The van der Waals surface area contributed by atoms with Crippen molar-refractivity contribution in [1.82, 2.24) is 9.55 Å². The Kier molecular flexibility index (Phi) is 8.33. The zero-order chi connectivity index (χ0) is 27.4. The molecule has 1 N–H and O–H groups in total. The number of nitrogens with zero attached hydrogens (tertiary/aromatic N) is 1. The third kappa shape index (κ3) is 6.29. The molecule has 12 heteroatoms. The van der Waals surface area contributed by atoms with E-state index in [4.69, 9.17) is 30.0 Å². The SMILES string of the molecule is C=C(C)[C@H]1CC[C@@]2(C)SP(=S)(O[C@H]3C[C@H](n4ccc(=O)[nH]c4=O)O[C@@H]3CO[Si](C)(C)C(C)(C)C)O[C@@H]2C1. The second-order valence-corrected chi connectivity index (χ2v) is 23.7. The van der Waals surface area contributed by atoms with Gasteiger partial charge in [0.05, 0.1) is 18.8 Å². The summed E-state index contributed by atoms with van der Waals surface area (Å²) >= 11 is 7.75. The summed E-state index contributed by atoms with van der Waals surface area (Å²) in [5.74, 6) is 0.442. The number of fused-ring (bicyclic) bond motifs is 1. The predicted octanol–water partition coefficient (Wildman–Crippen LogP) is 5.72. The lowest BCUT2D eigenvalue weighted by Crippen LogP contribution is -2.44. The Hall–Kier alpha value is -0.523. The highest BCUT2D eigenvalue weighted by molar-refractivity contribution is 8.68. The fourth-order valence-corrected chi connectivity index (χ4v) is 13.5. The fraction of sp³-hybridized carbons (Fsp3) is 0.760. The van der Waals surface area contributed by atoms with E-state index in [1.54, 1.807) is 11.4 Å². The van der Waals surface area contributed by atoms with Crippen LogP contribution in [-0.4, -0.2) is 47.5 Å². The molecule has 1 saturated carbocycles. The minimum absolute atomic E-state index is 0.0284. The summed E-state index contributed by atoms with van der Waals surface area (Å²) < 4.78 is 27.4. The van der Waals surface area contributed by atoms with Crippen LogP contribution in [0.25, 0.3) is 0 Å². The van der Waals surface area contributed by atoms with Gasteiger partial charge in [-0.15, -0.1) is 0 Å². The standard InChI is InChI=1S/C25H41N2O6PS2Si/c1-16(2)17-9-11-25(6)20(13-17)33-34(35,36-25)32-18-14-22(27-12-10-21(28)26-23(27)29)31-19(18)15-30-37(7,8)24(3,4)5/h10,12,17-20,22H,1,9,11,13-15H2,2-8H3,(H,26,28,29)/t17-,18-,19+,20+,22+,25+,34?/m0/s1. The van der Waals surface area contributed by atoms with E-state index in [2.05, 4.69) is 59.3 Å². The molecule has 37 heavy (non-hydrogen) atoms. The molecule has 2 saturated heterocycles. The van der Waals surface area contributed by atoms with Crippen LogP contribution in [0.3, 0.4) is 0 Å². The summed E-state index contributed by atoms with van der Waals surface area (Å²) in [6.07, 6.45) is 3.50. The van der Waals surface area contributed by atoms with E-state index >= 15 is 0 Å². The molecular formula is C25H41N2O6PS2Si. The third-order valence-electron chi connectivity index (χ3n) is 8.46. The lowest BCUT2D eigenvalue weighted by atomic mass is 9.77. The maximum Gasteiger partial charge on any atom is 0.330 e. The van der Waals surface area contributed by atoms with Crippen LogP contribution in [0, 0.1) is 5.92 Å². The first-order valence-electron chi connectivity index (χ1n) is 13.0. The van der Waals surface area contributed by atoms with Crippen LogP contribution in [0.15, 0.2) is 34.0 Å².